The predicted molar refractivity (Wildman–Crippen MR) is 194 cm³/mol. The van der Waals surface area contributed by atoms with Crippen molar-refractivity contribution in [2.24, 2.45) is 0 Å². The molecule has 49 heavy (non-hydrogen) atoms. The second-order valence-corrected chi connectivity index (χ2v) is 14.6. The average molecular weight is 722 g/mol. The van der Waals surface area contributed by atoms with Crippen LogP contribution >= 0.6 is 7.82 Å². The van der Waals surface area contributed by atoms with E-state index in [-0.39, 0.29) is 25.2 Å². The van der Waals surface area contributed by atoms with Gasteiger partial charge in [-0.05, 0) is 44.9 Å². The summed E-state index contributed by atoms with van der Waals surface area (Å²) in [6.07, 6.45) is 23.4. The number of allylic oxidation sites excluding steroid dienone is 2. The van der Waals surface area contributed by atoms with Crippen LogP contribution in [0, 0.1) is 0 Å². The highest BCUT2D eigenvalue weighted by Gasteiger charge is 2.50. The van der Waals surface area contributed by atoms with E-state index in [0.717, 1.165) is 51.4 Å². The van der Waals surface area contributed by atoms with Gasteiger partial charge in [-0.25, -0.2) is 4.57 Å². The van der Waals surface area contributed by atoms with Gasteiger partial charge < -0.3 is 38.8 Å². The molecule has 1 rings (SSSR count). The monoisotopic (exact) mass is 721 g/mol. The zero-order valence-corrected chi connectivity index (χ0v) is 32.4. The van der Waals surface area contributed by atoms with Gasteiger partial charge in [0.1, 0.15) is 24.4 Å². The highest BCUT2D eigenvalue weighted by Crippen LogP contribution is 2.42. The van der Waals surface area contributed by atoms with Crippen LogP contribution in [0.2, 0.25) is 0 Å². The van der Waals surface area contributed by atoms with Crippen LogP contribution < -0.4 is 5.32 Å². The Labute approximate surface area is 298 Å². The largest absolute Gasteiger partial charge is 0.470 e. The van der Waals surface area contributed by atoms with E-state index in [9.17, 15) is 19.1 Å². The molecule has 1 aliphatic rings. The first-order valence-corrected chi connectivity index (χ1v) is 20.7. The zero-order valence-electron chi connectivity index (χ0n) is 31.5. The smallest absolute Gasteiger partial charge is 0.382 e. The summed E-state index contributed by atoms with van der Waals surface area (Å²) in [6, 6.07) is -0.859. The molecule has 0 spiro atoms. The normalized spacial score (nSPS) is 22.1. The van der Waals surface area contributed by atoms with Gasteiger partial charge in [0.05, 0.1) is 12.7 Å². The van der Waals surface area contributed by atoms with Crippen LogP contribution in [0.3, 0.4) is 0 Å². The SMILES string of the molecule is CCCCCC/C=C\CCCCCCCCCC(=O)N[C@H]1[C@H](OC)OC(COC)[C@@H](OP(=O)(O)O)[C@@H]1OCC[C@@H](CCCCCCC)OC. The standard InChI is InChI=1S/C37H72NO10P/c1-6-8-10-12-13-14-15-16-17-18-19-20-21-23-25-27-33(39)38-34-36(46-29-28-31(44-4)26-24-22-11-9-7-2)35(48-49(40,41)42)32(30-43-3)47-37(34)45-5/h14-15,31-32,34-37H,6-13,16-30H2,1-5H3,(H,38,39)(H2,40,41,42)/b15-14-/t31-,32?,34-,35-,36-,37-/m1/s1. The third-order valence-corrected chi connectivity index (χ3v) is 9.69. The van der Waals surface area contributed by atoms with Gasteiger partial charge in [-0.15, -0.1) is 0 Å². The molecule has 11 nitrogen and oxygen atoms in total. The van der Waals surface area contributed by atoms with Crippen molar-refractivity contribution in [1.82, 2.24) is 5.32 Å². The lowest BCUT2D eigenvalue weighted by Crippen LogP contribution is -2.66. The quantitative estimate of drug-likeness (QED) is 0.0354. The van der Waals surface area contributed by atoms with E-state index in [2.05, 4.69) is 31.3 Å². The topological polar surface area (TPSA) is 142 Å². The van der Waals surface area contributed by atoms with Crippen molar-refractivity contribution in [3.63, 3.8) is 0 Å². The van der Waals surface area contributed by atoms with E-state index in [1.165, 1.54) is 84.8 Å². The van der Waals surface area contributed by atoms with Gasteiger partial charge in [-0.3, -0.25) is 9.32 Å². The first-order valence-electron chi connectivity index (χ1n) is 19.2. The van der Waals surface area contributed by atoms with Crippen LogP contribution in [0.25, 0.3) is 0 Å². The van der Waals surface area contributed by atoms with Crippen molar-refractivity contribution in [3.8, 4) is 0 Å². The number of nitrogens with one attached hydrogen (secondary N) is 1. The van der Waals surface area contributed by atoms with Gasteiger partial charge >= 0.3 is 7.82 Å². The lowest BCUT2D eigenvalue weighted by molar-refractivity contribution is -0.268. The zero-order chi connectivity index (χ0) is 36.2. The van der Waals surface area contributed by atoms with Gasteiger partial charge in [0.15, 0.2) is 6.29 Å². The van der Waals surface area contributed by atoms with Crippen molar-refractivity contribution in [3.05, 3.63) is 12.2 Å². The Kier molecular flexibility index (Phi) is 27.9. The summed E-state index contributed by atoms with van der Waals surface area (Å²) in [4.78, 5) is 32.7. The Hall–Kier alpha value is -0.880. The number of hydrogen-bond acceptors (Lipinski definition) is 8. The maximum atomic E-state index is 13.1. The van der Waals surface area contributed by atoms with Gasteiger partial charge in [0.2, 0.25) is 5.91 Å². The van der Waals surface area contributed by atoms with E-state index < -0.39 is 38.5 Å². The summed E-state index contributed by atoms with van der Waals surface area (Å²) in [5, 5.41) is 2.98. The lowest BCUT2D eigenvalue weighted by atomic mass is 9.96. The van der Waals surface area contributed by atoms with Crippen LogP contribution in [-0.4, -0.2) is 87.0 Å². The molecule has 0 aromatic heterocycles. The second kappa shape index (κ2) is 29.7. The molecule has 0 aromatic rings. The molecule has 0 saturated carbocycles. The van der Waals surface area contributed by atoms with E-state index in [4.69, 9.17) is 28.2 Å². The van der Waals surface area contributed by atoms with Crippen molar-refractivity contribution < 1.29 is 47.4 Å². The molecular formula is C37H72NO10P. The summed E-state index contributed by atoms with van der Waals surface area (Å²) in [5.41, 5.74) is 0. The molecule has 1 heterocycles. The number of methoxy groups -OCH3 is 3. The van der Waals surface area contributed by atoms with E-state index in [1.54, 1.807) is 7.11 Å². The third-order valence-electron chi connectivity index (χ3n) is 9.17. The van der Waals surface area contributed by atoms with Gasteiger partial charge in [0.25, 0.3) is 0 Å². The number of phosphoric ester groups is 1. The molecule has 3 N–H and O–H groups in total. The second-order valence-electron chi connectivity index (χ2n) is 13.4. The Balaban J connectivity index is 2.66. The fourth-order valence-corrected chi connectivity index (χ4v) is 6.92. The Bertz CT molecular complexity index is 872. The van der Waals surface area contributed by atoms with Crippen molar-refractivity contribution in [2.75, 3.05) is 34.5 Å². The predicted octanol–water partition coefficient (Wildman–Crippen LogP) is 8.16. The molecule has 0 aromatic carbocycles. The van der Waals surface area contributed by atoms with Crippen molar-refractivity contribution in [1.29, 1.82) is 0 Å². The molecule has 290 valence electrons. The van der Waals surface area contributed by atoms with Crippen LogP contribution in [0.15, 0.2) is 12.2 Å². The minimum Gasteiger partial charge on any atom is -0.382 e. The summed E-state index contributed by atoms with van der Waals surface area (Å²) in [6.45, 7) is 4.65. The fourth-order valence-electron chi connectivity index (χ4n) is 6.35. The number of carbonyl (C=O) groups excluding carboxylic acids is 1. The number of unbranched alkanes of at least 4 members (excludes halogenated alkanes) is 15. The molecule has 12 heteroatoms. The average Bonchev–Trinajstić information content (AvgIpc) is 3.07. The van der Waals surface area contributed by atoms with Crippen LogP contribution in [0.1, 0.15) is 149 Å². The van der Waals surface area contributed by atoms with E-state index in [0.29, 0.717) is 12.8 Å². The maximum Gasteiger partial charge on any atom is 0.470 e. The van der Waals surface area contributed by atoms with Gasteiger partial charge in [-0.2, -0.15) is 0 Å². The molecule has 0 bridgehead atoms. The number of ether oxygens (including phenoxy) is 5. The summed E-state index contributed by atoms with van der Waals surface area (Å²) < 4.78 is 46.1. The summed E-state index contributed by atoms with van der Waals surface area (Å²) >= 11 is 0. The molecule has 1 amide bonds. The number of rotatable bonds is 32. The summed E-state index contributed by atoms with van der Waals surface area (Å²) in [5.74, 6) is -0.201. The van der Waals surface area contributed by atoms with Gasteiger partial charge in [-0.1, -0.05) is 109 Å². The number of phosphoric acid groups is 1. The Morgan fingerprint density at radius 3 is 1.94 bits per heavy atom. The molecule has 1 saturated heterocycles. The van der Waals surface area contributed by atoms with Crippen LogP contribution in [-0.2, 0) is 37.6 Å². The molecular weight excluding hydrogens is 649 g/mol. The van der Waals surface area contributed by atoms with Crippen LogP contribution in [0.5, 0.6) is 0 Å². The van der Waals surface area contributed by atoms with Crippen LogP contribution in [0.4, 0.5) is 0 Å². The molecule has 1 unspecified atom stereocenters. The number of amides is 1. The Morgan fingerprint density at radius 1 is 0.796 bits per heavy atom. The van der Waals surface area contributed by atoms with Crippen molar-refractivity contribution >= 4 is 13.7 Å². The number of carbonyl (C=O) groups is 1. The van der Waals surface area contributed by atoms with Gasteiger partial charge in [0, 0.05) is 34.4 Å². The summed E-state index contributed by atoms with van der Waals surface area (Å²) in [7, 11) is -0.349. The first kappa shape index (κ1) is 46.1. The molecule has 0 aliphatic carbocycles. The molecule has 1 fully saturated rings. The Morgan fingerprint density at radius 2 is 1.37 bits per heavy atom. The first-order chi connectivity index (χ1) is 23.7. The highest BCUT2D eigenvalue weighted by atomic mass is 31.2. The molecule has 1 aliphatic heterocycles. The minimum atomic E-state index is -4.95. The maximum absolute atomic E-state index is 13.1. The van der Waals surface area contributed by atoms with E-state index in [1.807, 2.05) is 0 Å². The highest BCUT2D eigenvalue weighted by molar-refractivity contribution is 7.46. The molecule has 6 atom stereocenters. The minimum absolute atomic E-state index is 0.0145. The third kappa shape index (κ3) is 22.6. The fraction of sp³-hybridized carbons (Fsp3) is 0.919. The van der Waals surface area contributed by atoms with E-state index >= 15 is 0 Å². The van der Waals surface area contributed by atoms with Crippen molar-refractivity contribution in [2.45, 2.75) is 185 Å². The molecule has 0 radical (unpaired) electrons. The lowest BCUT2D eigenvalue weighted by Gasteiger charge is -2.45. The number of hydrogen-bond donors (Lipinski definition) is 3.